The van der Waals surface area contributed by atoms with E-state index in [1.807, 2.05) is 0 Å². The van der Waals surface area contributed by atoms with E-state index in [0.717, 1.165) is 5.33 Å². The van der Waals surface area contributed by atoms with Crippen LogP contribution in [0.3, 0.4) is 0 Å². The van der Waals surface area contributed by atoms with Crippen LogP contribution in [0.15, 0.2) is 0 Å². The normalized spacial score (nSPS) is 24.2. The zero-order chi connectivity index (χ0) is 13.1. The molecule has 2 nitrogen and oxygen atoms in total. The van der Waals surface area contributed by atoms with Gasteiger partial charge < -0.3 is 5.32 Å². The van der Waals surface area contributed by atoms with E-state index in [4.69, 9.17) is 0 Å². The number of carbonyl (C=O) groups excluding carboxylic acids is 1. The second kappa shape index (κ2) is 6.40. The summed E-state index contributed by atoms with van der Waals surface area (Å²) in [5.74, 6) is 2.52. The molecule has 1 N–H and O–H groups in total. The molecule has 0 radical (unpaired) electrons. The Morgan fingerprint density at radius 2 is 1.67 bits per heavy atom. The first-order valence-electron chi connectivity index (χ1n) is 7.49. The molecule has 3 heteroatoms. The molecule has 0 spiro atoms. The van der Waals surface area contributed by atoms with Gasteiger partial charge in [-0.1, -0.05) is 35.7 Å². The lowest BCUT2D eigenvalue weighted by molar-refractivity contribution is -0.132. The van der Waals surface area contributed by atoms with Crippen LogP contribution in [0.25, 0.3) is 0 Å². The highest BCUT2D eigenvalue weighted by Crippen LogP contribution is 2.44. The third-order valence-electron chi connectivity index (χ3n) is 5.09. The fraction of sp³-hybridized carbons (Fsp3) is 0.933. The Balaban J connectivity index is 1.90. The van der Waals surface area contributed by atoms with Gasteiger partial charge in [-0.3, -0.25) is 4.79 Å². The molecular formula is C15H26BrNO. The smallest absolute Gasteiger partial charge is 0.223 e. The largest absolute Gasteiger partial charge is 0.353 e. The van der Waals surface area contributed by atoms with Gasteiger partial charge in [0.25, 0.3) is 0 Å². The number of nitrogens with one attached hydrogen (secondary N) is 1. The Hall–Kier alpha value is -0.0500. The van der Waals surface area contributed by atoms with Crippen LogP contribution in [-0.4, -0.2) is 17.3 Å². The summed E-state index contributed by atoms with van der Waals surface area (Å²) in [6.07, 6.45) is 7.75. The molecule has 18 heavy (non-hydrogen) atoms. The van der Waals surface area contributed by atoms with E-state index < -0.39 is 0 Å². The summed E-state index contributed by atoms with van der Waals surface area (Å²) in [6, 6.07) is 0.277. The number of carbonyl (C=O) groups is 1. The topological polar surface area (TPSA) is 29.1 Å². The summed E-state index contributed by atoms with van der Waals surface area (Å²) >= 11 is 3.50. The first-order chi connectivity index (χ1) is 8.63. The predicted molar refractivity (Wildman–Crippen MR) is 78.7 cm³/mol. The quantitative estimate of drug-likeness (QED) is 0.743. The third kappa shape index (κ3) is 3.09. The number of rotatable bonds is 6. The number of hydrogen-bond acceptors (Lipinski definition) is 1. The van der Waals surface area contributed by atoms with Crippen molar-refractivity contribution in [3.05, 3.63) is 0 Å². The Kier molecular flexibility index (Phi) is 5.11. The fourth-order valence-electron chi connectivity index (χ4n) is 3.01. The molecule has 0 aromatic carbocycles. The third-order valence-corrected chi connectivity index (χ3v) is 6.11. The molecule has 2 saturated carbocycles. The minimum Gasteiger partial charge on any atom is -0.353 e. The molecule has 0 aromatic heterocycles. The van der Waals surface area contributed by atoms with Gasteiger partial charge >= 0.3 is 0 Å². The highest BCUT2D eigenvalue weighted by Gasteiger charge is 2.40. The van der Waals surface area contributed by atoms with E-state index in [-0.39, 0.29) is 6.04 Å². The summed E-state index contributed by atoms with van der Waals surface area (Å²) in [5.41, 5.74) is 0. The van der Waals surface area contributed by atoms with Crippen molar-refractivity contribution in [2.24, 2.45) is 23.7 Å². The van der Waals surface area contributed by atoms with E-state index in [1.165, 1.54) is 38.5 Å². The summed E-state index contributed by atoms with van der Waals surface area (Å²) in [4.78, 5) is 12.5. The Morgan fingerprint density at radius 1 is 1.17 bits per heavy atom. The number of amides is 1. The zero-order valence-corrected chi connectivity index (χ0v) is 13.2. The second-order valence-electron chi connectivity index (χ2n) is 6.34. The minimum absolute atomic E-state index is 0.277. The monoisotopic (exact) mass is 315 g/mol. The van der Waals surface area contributed by atoms with Crippen LogP contribution in [0.5, 0.6) is 0 Å². The first-order valence-corrected chi connectivity index (χ1v) is 8.62. The van der Waals surface area contributed by atoms with Crippen molar-refractivity contribution in [2.45, 2.75) is 58.4 Å². The average Bonchev–Trinajstić information content (AvgIpc) is 2.21. The maximum absolute atomic E-state index is 12.5. The molecule has 2 aliphatic rings. The van der Waals surface area contributed by atoms with Gasteiger partial charge in [0.2, 0.25) is 5.91 Å². The molecule has 2 rings (SSSR count). The van der Waals surface area contributed by atoms with Crippen LogP contribution in [0.4, 0.5) is 0 Å². The van der Waals surface area contributed by atoms with Crippen molar-refractivity contribution in [3.63, 3.8) is 0 Å². The second-order valence-corrected chi connectivity index (χ2v) is 6.98. The first kappa shape index (κ1) is 14.4. The molecule has 0 bridgehead atoms. The minimum atomic E-state index is 0.277. The van der Waals surface area contributed by atoms with E-state index in [1.54, 1.807) is 0 Å². The van der Waals surface area contributed by atoms with E-state index >= 15 is 0 Å². The molecule has 104 valence electrons. The van der Waals surface area contributed by atoms with Crippen LogP contribution in [0.1, 0.15) is 52.4 Å². The van der Waals surface area contributed by atoms with E-state index in [0.29, 0.717) is 29.6 Å². The lowest BCUT2D eigenvalue weighted by Crippen LogP contribution is -2.47. The van der Waals surface area contributed by atoms with Crippen molar-refractivity contribution in [1.29, 1.82) is 0 Å². The highest BCUT2D eigenvalue weighted by molar-refractivity contribution is 9.09. The van der Waals surface area contributed by atoms with Gasteiger partial charge in [-0.05, 0) is 50.4 Å². The molecule has 0 saturated heterocycles. The van der Waals surface area contributed by atoms with Gasteiger partial charge in [-0.25, -0.2) is 0 Å². The highest BCUT2D eigenvalue weighted by atomic mass is 79.9. The van der Waals surface area contributed by atoms with Crippen LogP contribution in [-0.2, 0) is 4.79 Å². The van der Waals surface area contributed by atoms with Crippen LogP contribution in [0, 0.1) is 23.7 Å². The van der Waals surface area contributed by atoms with Gasteiger partial charge in [0.1, 0.15) is 0 Å². The Labute approximate surface area is 119 Å². The van der Waals surface area contributed by atoms with Gasteiger partial charge in [0.15, 0.2) is 0 Å². The van der Waals surface area contributed by atoms with Crippen molar-refractivity contribution >= 4 is 21.8 Å². The molecule has 0 aromatic rings. The number of halogens is 1. The zero-order valence-electron chi connectivity index (χ0n) is 11.6. The van der Waals surface area contributed by atoms with Crippen molar-refractivity contribution in [1.82, 2.24) is 5.32 Å². The lowest BCUT2D eigenvalue weighted by Gasteiger charge is -2.42. The molecule has 2 atom stereocenters. The van der Waals surface area contributed by atoms with Gasteiger partial charge in [0, 0.05) is 17.3 Å². The molecular weight excluding hydrogens is 290 g/mol. The van der Waals surface area contributed by atoms with Gasteiger partial charge in [-0.15, -0.1) is 0 Å². The van der Waals surface area contributed by atoms with Crippen molar-refractivity contribution < 1.29 is 4.79 Å². The van der Waals surface area contributed by atoms with Crippen LogP contribution >= 0.6 is 15.9 Å². The van der Waals surface area contributed by atoms with Crippen molar-refractivity contribution in [2.75, 3.05) is 5.33 Å². The maximum Gasteiger partial charge on any atom is 0.223 e. The molecule has 2 fully saturated rings. The average molecular weight is 316 g/mol. The van der Waals surface area contributed by atoms with Crippen LogP contribution < -0.4 is 5.32 Å². The summed E-state index contributed by atoms with van der Waals surface area (Å²) in [7, 11) is 0. The predicted octanol–water partition coefficient (Wildman–Crippen LogP) is 3.74. The van der Waals surface area contributed by atoms with E-state index in [9.17, 15) is 4.79 Å². The molecule has 0 aliphatic heterocycles. The molecule has 2 unspecified atom stereocenters. The summed E-state index contributed by atoms with van der Waals surface area (Å²) in [6.45, 7) is 4.31. The molecule has 2 aliphatic carbocycles. The summed E-state index contributed by atoms with van der Waals surface area (Å²) in [5, 5.41) is 4.21. The van der Waals surface area contributed by atoms with Gasteiger partial charge in [0.05, 0.1) is 0 Å². The van der Waals surface area contributed by atoms with Gasteiger partial charge in [-0.2, -0.15) is 0 Å². The van der Waals surface area contributed by atoms with Crippen molar-refractivity contribution in [3.8, 4) is 0 Å². The lowest BCUT2D eigenvalue weighted by atomic mass is 9.64. The van der Waals surface area contributed by atoms with Crippen LogP contribution in [0.2, 0.25) is 0 Å². The SMILES string of the molecule is CC(CBr)C(C)NC(=O)C(C1CCC1)C1CCC1. The molecule has 1 amide bonds. The maximum atomic E-state index is 12.5. The summed E-state index contributed by atoms with van der Waals surface area (Å²) < 4.78 is 0. The standard InChI is InChI=1S/C15H26BrNO/c1-10(9-16)11(2)17-15(18)14(12-5-3-6-12)13-7-4-8-13/h10-14H,3-9H2,1-2H3,(H,17,18). The number of hydrogen-bond donors (Lipinski definition) is 1. The fourth-order valence-corrected chi connectivity index (χ4v) is 3.57. The Morgan fingerprint density at radius 3 is 2.00 bits per heavy atom. The molecule has 0 heterocycles. The number of alkyl halides is 1. The van der Waals surface area contributed by atoms with E-state index in [2.05, 4.69) is 35.1 Å². The Bertz CT molecular complexity index is 272.